The lowest BCUT2D eigenvalue weighted by molar-refractivity contribution is -0.145. The number of carbonyl (C=O) groups excluding carboxylic acids is 2. The number of rotatable bonds is 8. The normalized spacial score (nSPS) is 20.4. The topological polar surface area (TPSA) is 102 Å². The molecule has 1 saturated carbocycles. The van der Waals surface area contributed by atoms with Gasteiger partial charge in [0, 0.05) is 20.0 Å². The number of aliphatic carboxylic acids is 1. The Hall–Kier alpha value is -1.47. The molecule has 0 heterocycles. The largest absolute Gasteiger partial charge is 0.480 e. The molecular formula is C13H21NO6. The summed E-state index contributed by atoms with van der Waals surface area (Å²) in [5, 5.41) is 11.6. The maximum Gasteiger partial charge on any atom is 0.326 e. The molecule has 0 radical (unpaired) electrons. The zero-order valence-corrected chi connectivity index (χ0v) is 11.6. The van der Waals surface area contributed by atoms with Gasteiger partial charge in [0.2, 0.25) is 5.91 Å². The van der Waals surface area contributed by atoms with Crippen molar-refractivity contribution < 1.29 is 29.0 Å². The zero-order valence-electron chi connectivity index (χ0n) is 11.6. The summed E-state index contributed by atoms with van der Waals surface area (Å²) in [6.07, 6.45) is 2.01. The van der Waals surface area contributed by atoms with Gasteiger partial charge in [0.15, 0.2) is 0 Å². The van der Waals surface area contributed by atoms with E-state index in [0.29, 0.717) is 25.9 Å². The van der Waals surface area contributed by atoms with E-state index in [1.54, 1.807) is 0 Å². The minimum absolute atomic E-state index is 0.0538. The Labute approximate surface area is 117 Å². The van der Waals surface area contributed by atoms with Gasteiger partial charge in [0.1, 0.15) is 18.4 Å². The van der Waals surface area contributed by atoms with Crippen LogP contribution in [0.1, 0.15) is 25.7 Å². The SMILES string of the molecule is COCCOCC(=O)N[C@H](C(=O)O)[C@H]1CCCC(=O)C1. The summed E-state index contributed by atoms with van der Waals surface area (Å²) in [5.41, 5.74) is 0. The number of ketones is 1. The number of methoxy groups -OCH3 is 1. The second-order valence-electron chi connectivity index (χ2n) is 4.82. The van der Waals surface area contributed by atoms with Crippen LogP contribution in [0.25, 0.3) is 0 Å². The van der Waals surface area contributed by atoms with Gasteiger partial charge in [-0.1, -0.05) is 0 Å². The van der Waals surface area contributed by atoms with E-state index in [1.165, 1.54) is 7.11 Å². The first-order chi connectivity index (χ1) is 9.54. The van der Waals surface area contributed by atoms with Crippen LogP contribution in [-0.2, 0) is 23.9 Å². The number of hydrogen-bond acceptors (Lipinski definition) is 5. The number of nitrogens with one attached hydrogen (secondary N) is 1. The summed E-state index contributed by atoms with van der Waals surface area (Å²) in [7, 11) is 1.52. The van der Waals surface area contributed by atoms with E-state index < -0.39 is 17.9 Å². The van der Waals surface area contributed by atoms with Crippen molar-refractivity contribution in [1.82, 2.24) is 5.32 Å². The molecule has 20 heavy (non-hydrogen) atoms. The Bertz CT molecular complexity index is 357. The molecule has 1 aliphatic rings. The molecule has 0 aliphatic heterocycles. The van der Waals surface area contributed by atoms with Crippen molar-refractivity contribution in [3.05, 3.63) is 0 Å². The second kappa shape index (κ2) is 8.65. The molecule has 1 amide bonds. The van der Waals surface area contributed by atoms with E-state index in [1.807, 2.05) is 0 Å². The number of carboxylic acids is 1. The van der Waals surface area contributed by atoms with Gasteiger partial charge in [0.25, 0.3) is 0 Å². The van der Waals surface area contributed by atoms with Gasteiger partial charge in [-0.3, -0.25) is 9.59 Å². The number of ether oxygens (including phenoxy) is 2. The highest BCUT2D eigenvalue weighted by Gasteiger charge is 2.33. The molecule has 0 bridgehead atoms. The summed E-state index contributed by atoms with van der Waals surface area (Å²) < 4.78 is 9.79. The van der Waals surface area contributed by atoms with E-state index >= 15 is 0 Å². The summed E-state index contributed by atoms with van der Waals surface area (Å²) in [5.74, 6) is -1.89. The molecule has 1 aliphatic carbocycles. The number of carboxylic acid groups (broad SMARTS) is 1. The quantitative estimate of drug-likeness (QED) is 0.608. The van der Waals surface area contributed by atoms with Crippen molar-refractivity contribution in [2.45, 2.75) is 31.7 Å². The fourth-order valence-corrected chi connectivity index (χ4v) is 2.25. The average molecular weight is 287 g/mol. The van der Waals surface area contributed by atoms with Crippen molar-refractivity contribution in [2.24, 2.45) is 5.92 Å². The third kappa shape index (κ3) is 5.66. The molecule has 0 spiro atoms. The maximum atomic E-state index is 11.6. The predicted molar refractivity (Wildman–Crippen MR) is 69.2 cm³/mol. The van der Waals surface area contributed by atoms with Crippen molar-refractivity contribution in [3.8, 4) is 0 Å². The monoisotopic (exact) mass is 287 g/mol. The van der Waals surface area contributed by atoms with Crippen molar-refractivity contribution in [2.75, 3.05) is 26.9 Å². The Morgan fingerprint density at radius 1 is 1.45 bits per heavy atom. The molecule has 2 N–H and O–H groups in total. The molecule has 0 saturated heterocycles. The molecule has 2 atom stereocenters. The van der Waals surface area contributed by atoms with Crippen LogP contribution in [0.4, 0.5) is 0 Å². The zero-order chi connectivity index (χ0) is 15.0. The van der Waals surface area contributed by atoms with Crippen LogP contribution < -0.4 is 5.32 Å². The lowest BCUT2D eigenvalue weighted by Crippen LogP contribution is -2.48. The third-order valence-electron chi connectivity index (χ3n) is 3.24. The molecule has 114 valence electrons. The van der Waals surface area contributed by atoms with E-state index in [-0.39, 0.29) is 31.3 Å². The van der Waals surface area contributed by atoms with Crippen LogP contribution >= 0.6 is 0 Å². The van der Waals surface area contributed by atoms with Crippen LogP contribution in [0.2, 0.25) is 0 Å². The van der Waals surface area contributed by atoms with Gasteiger partial charge >= 0.3 is 5.97 Å². The summed E-state index contributed by atoms with van der Waals surface area (Å²) in [6, 6.07) is -1.03. The van der Waals surface area contributed by atoms with Crippen LogP contribution in [0.3, 0.4) is 0 Å². The van der Waals surface area contributed by atoms with Crippen LogP contribution in [0.5, 0.6) is 0 Å². The minimum Gasteiger partial charge on any atom is -0.480 e. The van der Waals surface area contributed by atoms with Gasteiger partial charge < -0.3 is 19.9 Å². The number of Topliss-reactive ketones (excluding diaryl/α,β-unsaturated/α-hetero) is 1. The maximum absolute atomic E-state index is 11.6. The fourth-order valence-electron chi connectivity index (χ4n) is 2.25. The fraction of sp³-hybridized carbons (Fsp3) is 0.769. The number of amides is 1. The first-order valence-corrected chi connectivity index (χ1v) is 6.65. The van der Waals surface area contributed by atoms with Gasteiger partial charge in [-0.2, -0.15) is 0 Å². The van der Waals surface area contributed by atoms with Gasteiger partial charge in [-0.25, -0.2) is 4.79 Å². The van der Waals surface area contributed by atoms with E-state index in [2.05, 4.69) is 5.32 Å². The second-order valence-corrected chi connectivity index (χ2v) is 4.82. The third-order valence-corrected chi connectivity index (χ3v) is 3.24. The summed E-state index contributed by atoms with van der Waals surface area (Å²) in [4.78, 5) is 34.2. The van der Waals surface area contributed by atoms with Crippen molar-refractivity contribution >= 4 is 17.7 Å². The van der Waals surface area contributed by atoms with Crippen LogP contribution in [0, 0.1) is 5.92 Å². The molecule has 7 heteroatoms. The van der Waals surface area contributed by atoms with E-state index in [0.717, 1.165) is 0 Å². The molecule has 0 aromatic heterocycles. The standard InChI is InChI=1S/C13H21NO6/c1-19-5-6-20-8-11(16)14-12(13(17)18)9-3-2-4-10(15)7-9/h9,12H,2-8H2,1H3,(H,14,16)(H,17,18)/t9-,12-/m0/s1. The molecule has 0 aromatic carbocycles. The van der Waals surface area contributed by atoms with Gasteiger partial charge in [-0.05, 0) is 18.8 Å². The average Bonchev–Trinajstić information content (AvgIpc) is 2.40. The molecular weight excluding hydrogens is 266 g/mol. The highest BCUT2D eigenvalue weighted by Crippen LogP contribution is 2.24. The smallest absolute Gasteiger partial charge is 0.326 e. The van der Waals surface area contributed by atoms with Crippen molar-refractivity contribution in [3.63, 3.8) is 0 Å². The highest BCUT2D eigenvalue weighted by atomic mass is 16.5. The first kappa shape index (κ1) is 16.6. The Kier molecular flexibility index (Phi) is 7.17. The first-order valence-electron chi connectivity index (χ1n) is 6.65. The summed E-state index contributed by atoms with van der Waals surface area (Å²) >= 11 is 0. The molecule has 1 rings (SSSR count). The lowest BCUT2D eigenvalue weighted by Gasteiger charge is -2.27. The van der Waals surface area contributed by atoms with Gasteiger partial charge in [-0.15, -0.1) is 0 Å². The number of hydrogen-bond donors (Lipinski definition) is 2. The predicted octanol–water partition coefficient (Wildman–Crippen LogP) is -0.0219. The lowest BCUT2D eigenvalue weighted by atomic mass is 9.83. The Morgan fingerprint density at radius 3 is 2.80 bits per heavy atom. The molecule has 0 aromatic rings. The molecule has 1 fully saturated rings. The summed E-state index contributed by atoms with van der Waals surface area (Å²) in [6.45, 7) is 0.421. The van der Waals surface area contributed by atoms with Crippen LogP contribution in [0.15, 0.2) is 0 Å². The molecule has 0 unspecified atom stereocenters. The molecule has 7 nitrogen and oxygen atoms in total. The Morgan fingerprint density at radius 2 is 2.20 bits per heavy atom. The van der Waals surface area contributed by atoms with Crippen LogP contribution in [-0.4, -0.2) is 55.7 Å². The number of carbonyl (C=O) groups is 3. The Balaban J connectivity index is 2.44. The van der Waals surface area contributed by atoms with E-state index in [9.17, 15) is 19.5 Å². The highest BCUT2D eigenvalue weighted by molar-refractivity contribution is 5.86. The van der Waals surface area contributed by atoms with Gasteiger partial charge in [0.05, 0.1) is 13.2 Å². The minimum atomic E-state index is -1.12. The van der Waals surface area contributed by atoms with Crippen molar-refractivity contribution in [1.29, 1.82) is 0 Å². The van der Waals surface area contributed by atoms with E-state index in [4.69, 9.17) is 9.47 Å².